The van der Waals surface area contributed by atoms with Crippen LogP contribution in [0.25, 0.3) is 0 Å². The summed E-state index contributed by atoms with van der Waals surface area (Å²) in [5.41, 5.74) is 0.457. The lowest BCUT2D eigenvalue weighted by atomic mass is 9.90. The monoisotopic (exact) mass is 427 g/mol. The zero-order valence-corrected chi connectivity index (χ0v) is 17.7. The van der Waals surface area contributed by atoms with Crippen LogP contribution < -0.4 is 5.32 Å². The first-order valence-corrected chi connectivity index (χ1v) is 11.1. The summed E-state index contributed by atoms with van der Waals surface area (Å²) >= 11 is 0. The Kier molecular flexibility index (Phi) is 6.25. The van der Waals surface area contributed by atoms with Crippen molar-refractivity contribution in [1.82, 2.24) is 15.1 Å². The predicted molar refractivity (Wildman–Crippen MR) is 112 cm³/mol. The average Bonchev–Trinajstić information content (AvgIpc) is 3.34. The average molecular weight is 428 g/mol. The molecule has 2 heterocycles. The van der Waals surface area contributed by atoms with Crippen LogP contribution >= 0.6 is 0 Å². The van der Waals surface area contributed by atoms with Gasteiger partial charge in [-0.1, -0.05) is 43.2 Å². The summed E-state index contributed by atoms with van der Waals surface area (Å²) in [4.78, 5) is 51.9. The third kappa shape index (κ3) is 4.73. The van der Waals surface area contributed by atoms with Crippen molar-refractivity contribution in [3.05, 3.63) is 35.9 Å². The smallest absolute Gasteiger partial charge is 0.326 e. The van der Waals surface area contributed by atoms with Crippen molar-refractivity contribution in [3.63, 3.8) is 0 Å². The maximum atomic E-state index is 12.6. The van der Waals surface area contributed by atoms with E-state index in [-0.39, 0.29) is 18.4 Å². The number of nitrogens with one attached hydrogen (secondary N) is 1. The number of carbonyl (C=O) groups excluding carboxylic acids is 4. The Labute approximate surface area is 181 Å². The summed E-state index contributed by atoms with van der Waals surface area (Å²) < 4.78 is 5.09. The van der Waals surface area contributed by atoms with E-state index < -0.39 is 24.1 Å². The topological polar surface area (TPSA) is 96.0 Å². The van der Waals surface area contributed by atoms with E-state index in [1.54, 1.807) is 4.90 Å². The fraction of sp³-hybridized carbons (Fsp3) is 0.565. The second-order valence-corrected chi connectivity index (χ2v) is 8.79. The molecule has 1 aromatic rings. The third-order valence-electron chi connectivity index (χ3n) is 6.68. The Hall–Kier alpha value is -2.90. The van der Waals surface area contributed by atoms with Crippen LogP contribution in [0.4, 0.5) is 4.79 Å². The van der Waals surface area contributed by atoms with Gasteiger partial charge in [-0.05, 0) is 43.6 Å². The molecule has 1 aliphatic carbocycles. The van der Waals surface area contributed by atoms with Crippen LogP contribution in [0.1, 0.15) is 44.1 Å². The Bertz CT molecular complexity index is 842. The lowest BCUT2D eigenvalue weighted by molar-refractivity contribution is -0.154. The molecule has 2 aliphatic heterocycles. The minimum atomic E-state index is -0.850. The number of amides is 4. The minimum Gasteiger partial charge on any atom is -0.454 e. The molecule has 1 N–H and O–H groups in total. The molecule has 4 amide bonds. The quantitative estimate of drug-likeness (QED) is 0.552. The Morgan fingerprint density at radius 1 is 1.06 bits per heavy atom. The van der Waals surface area contributed by atoms with Crippen LogP contribution in [-0.4, -0.2) is 65.4 Å². The highest BCUT2D eigenvalue weighted by atomic mass is 16.5. The Morgan fingerprint density at radius 2 is 1.74 bits per heavy atom. The van der Waals surface area contributed by atoms with Gasteiger partial charge in [0, 0.05) is 13.1 Å². The number of likely N-dealkylation sites (tertiary alicyclic amines) is 1. The van der Waals surface area contributed by atoms with Crippen molar-refractivity contribution in [2.75, 3.05) is 26.2 Å². The maximum Gasteiger partial charge on any atom is 0.326 e. The second kappa shape index (κ2) is 9.08. The number of ether oxygens (including phenoxy) is 1. The minimum absolute atomic E-state index is 0.240. The Morgan fingerprint density at radius 3 is 2.42 bits per heavy atom. The number of esters is 1. The number of nitrogens with zero attached hydrogens (tertiary/aromatic N) is 2. The van der Waals surface area contributed by atoms with E-state index in [9.17, 15) is 19.2 Å². The fourth-order valence-electron chi connectivity index (χ4n) is 4.88. The number of rotatable bonds is 6. The SMILES string of the molecule is O=C(CN1C(=O)NC2(CCCC2)C1=O)OCC(=O)N1CCC(Cc2ccccc2)CC1. The molecule has 0 unspecified atom stereocenters. The highest BCUT2D eigenvalue weighted by molar-refractivity contribution is 6.08. The molecule has 3 aliphatic rings. The third-order valence-corrected chi connectivity index (χ3v) is 6.68. The van der Waals surface area contributed by atoms with Crippen molar-refractivity contribution >= 4 is 23.8 Å². The molecule has 2 saturated heterocycles. The van der Waals surface area contributed by atoms with Crippen molar-refractivity contribution in [3.8, 4) is 0 Å². The number of carbonyl (C=O) groups is 4. The van der Waals surface area contributed by atoms with Crippen molar-refractivity contribution in [2.24, 2.45) is 5.92 Å². The molecule has 0 bridgehead atoms. The molecule has 1 spiro atoms. The first kappa shape index (κ1) is 21.3. The molecule has 8 heteroatoms. The van der Waals surface area contributed by atoms with Crippen LogP contribution in [0.5, 0.6) is 0 Å². The molecule has 0 atom stereocenters. The predicted octanol–water partition coefficient (Wildman–Crippen LogP) is 1.88. The fourth-order valence-corrected chi connectivity index (χ4v) is 4.88. The van der Waals surface area contributed by atoms with Gasteiger partial charge in [0.2, 0.25) is 0 Å². The lowest BCUT2D eigenvalue weighted by Gasteiger charge is -2.32. The second-order valence-electron chi connectivity index (χ2n) is 8.79. The van der Waals surface area contributed by atoms with Gasteiger partial charge in [0.15, 0.2) is 6.61 Å². The molecule has 3 fully saturated rings. The molecule has 1 aromatic carbocycles. The summed E-state index contributed by atoms with van der Waals surface area (Å²) in [5, 5.41) is 2.73. The van der Waals surface area contributed by atoms with E-state index >= 15 is 0 Å². The van der Waals surface area contributed by atoms with Crippen LogP contribution in [0.2, 0.25) is 0 Å². The van der Waals surface area contributed by atoms with Gasteiger partial charge < -0.3 is 15.0 Å². The van der Waals surface area contributed by atoms with E-state index in [4.69, 9.17) is 4.74 Å². The largest absolute Gasteiger partial charge is 0.454 e. The van der Waals surface area contributed by atoms with E-state index in [1.807, 2.05) is 18.2 Å². The highest BCUT2D eigenvalue weighted by Gasteiger charge is 2.52. The summed E-state index contributed by atoms with van der Waals surface area (Å²) in [6.45, 7) is 0.461. The zero-order valence-electron chi connectivity index (χ0n) is 17.7. The molecule has 4 rings (SSSR count). The number of imide groups is 1. The summed E-state index contributed by atoms with van der Waals surface area (Å²) in [7, 11) is 0. The molecule has 0 aromatic heterocycles. The van der Waals surface area contributed by atoms with Crippen LogP contribution in [0.3, 0.4) is 0 Å². The van der Waals surface area contributed by atoms with Gasteiger partial charge in [-0.15, -0.1) is 0 Å². The van der Waals surface area contributed by atoms with Crippen LogP contribution in [-0.2, 0) is 25.5 Å². The first-order valence-electron chi connectivity index (χ1n) is 11.1. The number of hydrogen-bond donors (Lipinski definition) is 1. The Balaban J connectivity index is 1.19. The van der Waals surface area contributed by atoms with Gasteiger partial charge in [-0.25, -0.2) is 4.79 Å². The lowest BCUT2D eigenvalue weighted by Crippen LogP contribution is -2.45. The van der Waals surface area contributed by atoms with E-state index in [1.165, 1.54) is 5.56 Å². The van der Waals surface area contributed by atoms with Gasteiger partial charge in [0.05, 0.1) is 0 Å². The van der Waals surface area contributed by atoms with Crippen molar-refractivity contribution < 1.29 is 23.9 Å². The number of benzene rings is 1. The van der Waals surface area contributed by atoms with Crippen molar-refractivity contribution in [2.45, 2.75) is 50.5 Å². The van der Waals surface area contributed by atoms with Gasteiger partial charge in [-0.2, -0.15) is 0 Å². The molecule has 0 radical (unpaired) electrons. The van der Waals surface area contributed by atoms with Gasteiger partial charge in [-0.3, -0.25) is 19.3 Å². The van der Waals surface area contributed by atoms with E-state index in [0.29, 0.717) is 31.8 Å². The van der Waals surface area contributed by atoms with E-state index in [0.717, 1.165) is 37.0 Å². The number of urea groups is 1. The van der Waals surface area contributed by atoms with Crippen molar-refractivity contribution in [1.29, 1.82) is 0 Å². The number of piperidine rings is 1. The van der Waals surface area contributed by atoms with E-state index in [2.05, 4.69) is 17.4 Å². The molecule has 8 nitrogen and oxygen atoms in total. The molecular weight excluding hydrogens is 398 g/mol. The first-order chi connectivity index (χ1) is 15.0. The van der Waals surface area contributed by atoms with Gasteiger partial charge in [0.25, 0.3) is 11.8 Å². The van der Waals surface area contributed by atoms with Crippen LogP contribution in [0, 0.1) is 5.92 Å². The summed E-state index contributed by atoms with van der Waals surface area (Å²) in [6.07, 6.45) is 5.79. The molecule has 1 saturated carbocycles. The molecule has 31 heavy (non-hydrogen) atoms. The normalized spacial score (nSPS) is 20.9. The summed E-state index contributed by atoms with van der Waals surface area (Å²) in [6, 6.07) is 9.76. The van der Waals surface area contributed by atoms with Gasteiger partial charge >= 0.3 is 12.0 Å². The zero-order chi connectivity index (χ0) is 21.8. The highest BCUT2D eigenvalue weighted by Crippen LogP contribution is 2.34. The molecule has 166 valence electrons. The van der Waals surface area contributed by atoms with Gasteiger partial charge in [0.1, 0.15) is 12.1 Å². The number of hydrogen-bond acceptors (Lipinski definition) is 5. The molecular formula is C23H29N3O5. The summed E-state index contributed by atoms with van der Waals surface area (Å²) in [5.74, 6) is -0.808. The van der Waals surface area contributed by atoms with Crippen LogP contribution in [0.15, 0.2) is 30.3 Å². The maximum absolute atomic E-state index is 12.6. The standard InChI is InChI=1S/C23H29N3O5/c27-19(25-12-8-18(9-13-25)14-17-6-2-1-3-7-17)16-31-20(28)15-26-21(29)23(24-22(26)30)10-4-5-11-23/h1-3,6-7,18H,4-5,8-16H2,(H,24,30).